The molecule has 44 heavy (non-hydrogen) atoms. The fourth-order valence-electron chi connectivity index (χ4n) is 6.47. The minimum Gasteiger partial charge on any atom is -0.494 e. The van der Waals surface area contributed by atoms with Gasteiger partial charge in [-0.2, -0.15) is 5.10 Å². The SMILES string of the molecule is CCc1cccc(CC)c1NC(=O)c1nn(C)c2c1CCc1cnc(Nc3ccc(N4CC[C@@H](N(C)C)C4)cc3OC)nc1-2. The van der Waals surface area contributed by atoms with E-state index in [1.165, 1.54) is 0 Å². The average Bonchev–Trinajstić information content (AvgIpc) is 3.67. The van der Waals surface area contributed by atoms with Crippen LogP contribution >= 0.6 is 0 Å². The molecule has 2 aromatic heterocycles. The van der Waals surface area contributed by atoms with Crippen molar-refractivity contribution < 1.29 is 9.53 Å². The van der Waals surface area contributed by atoms with E-state index in [1.54, 1.807) is 11.8 Å². The number of anilines is 4. The first-order chi connectivity index (χ1) is 21.3. The van der Waals surface area contributed by atoms with Gasteiger partial charge in [-0.25, -0.2) is 9.97 Å². The average molecular weight is 595 g/mol. The van der Waals surface area contributed by atoms with Crippen LogP contribution in [0.5, 0.6) is 5.75 Å². The Morgan fingerprint density at radius 2 is 1.89 bits per heavy atom. The number of aromatic nitrogens is 4. The highest BCUT2D eigenvalue weighted by atomic mass is 16.5. The van der Waals surface area contributed by atoms with E-state index < -0.39 is 0 Å². The molecule has 1 fully saturated rings. The number of ether oxygens (including phenoxy) is 1. The van der Waals surface area contributed by atoms with Gasteiger partial charge >= 0.3 is 0 Å². The molecule has 10 heteroatoms. The first kappa shape index (κ1) is 29.6. The third kappa shape index (κ3) is 5.50. The smallest absolute Gasteiger partial charge is 0.276 e. The zero-order valence-electron chi connectivity index (χ0n) is 26.6. The maximum atomic E-state index is 13.6. The molecule has 0 radical (unpaired) electrons. The summed E-state index contributed by atoms with van der Waals surface area (Å²) in [4.78, 5) is 27.9. The Hall–Kier alpha value is -4.44. The topological polar surface area (TPSA) is 100 Å². The van der Waals surface area contributed by atoms with Crippen LogP contribution in [0.15, 0.2) is 42.6 Å². The van der Waals surface area contributed by atoms with Gasteiger partial charge in [0.1, 0.15) is 5.75 Å². The Morgan fingerprint density at radius 1 is 1.11 bits per heavy atom. The highest BCUT2D eigenvalue weighted by Crippen LogP contribution is 2.37. The number of hydrogen-bond donors (Lipinski definition) is 2. The number of fused-ring (bicyclic) bond motifs is 3. The number of methoxy groups -OCH3 is 1. The number of rotatable bonds is 9. The summed E-state index contributed by atoms with van der Waals surface area (Å²) in [5.74, 6) is 1.01. The molecule has 0 spiro atoms. The largest absolute Gasteiger partial charge is 0.494 e. The van der Waals surface area contributed by atoms with Crippen molar-refractivity contribution in [3.8, 4) is 17.1 Å². The molecule has 6 rings (SSSR count). The van der Waals surface area contributed by atoms with Crippen molar-refractivity contribution in [3.63, 3.8) is 0 Å². The van der Waals surface area contributed by atoms with Gasteiger partial charge in [0.2, 0.25) is 5.95 Å². The molecule has 0 unspecified atom stereocenters. The van der Waals surface area contributed by atoms with Crippen LogP contribution in [-0.2, 0) is 32.7 Å². The molecule has 4 aromatic rings. The first-order valence-corrected chi connectivity index (χ1v) is 15.5. The second-order valence-electron chi connectivity index (χ2n) is 11.8. The fourth-order valence-corrected chi connectivity index (χ4v) is 6.47. The van der Waals surface area contributed by atoms with Gasteiger partial charge in [-0.1, -0.05) is 32.0 Å². The van der Waals surface area contributed by atoms with Crippen molar-refractivity contribution in [2.75, 3.05) is 49.8 Å². The molecule has 3 heterocycles. The number of carbonyl (C=O) groups is 1. The molecular formula is C34H42N8O2. The summed E-state index contributed by atoms with van der Waals surface area (Å²) >= 11 is 0. The van der Waals surface area contributed by atoms with Crippen LogP contribution in [-0.4, -0.2) is 70.9 Å². The lowest BCUT2D eigenvalue weighted by molar-refractivity contribution is 0.102. The highest BCUT2D eigenvalue weighted by Gasteiger charge is 2.30. The Bertz CT molecular complexity index is 1670. The van der Waals surface area contributed by atoms with Gasteiger partial charge in [0.05, 0.1) is 24.2 Å². The van der Waals surface area contributed by atoms with Crippen LogP contribution in [0.2, 0.25) is 0 Å². The summed E-state index contributed by atoms with van der Waals surface area (Å²) in [7, 11) is 7.83. The molecule has 10 nitrogen and oxygen atoms in total. The van der Waals surface area contributed by atoms with Crippen molar-refractivity contribution in [3.05, 3.63) is 70.5 Å². The van der Waals surface area contributed by atoms with Crippen molar-refractivity contribution in [2.45, 2.75) is 52.0 Å². The lowest BCUT2D eigenvalue weighted by Gasteiger charge is -2.23. The normalized spacial score (nSPS) is 15.7. The van der Waals surface area contributed by atoms with Gasteiger partial charge in [0.15, 0.2) is 5.69 Å². The third-order valence-electron chi connectivity index (χ3n) is 9.02. The predicted molar refractivity (Wildman–Crippen MR) is 175 cm³/mol. The summed E-state index contributed by atoms with van der Waals surface area (Å²) in [6, 6.07) is 13.0. The molecular weight excluding hydrogens is 552 g/mol. The molecule has 1 aliphatic carbocycles. The number of nitrogens with zero attached hydrogens (tertiary/aromatic N) is 6. The Balaban J connectivity index is 1.26. The Morgan fingerprint density at radius 3 is 2.57 bits per heavy atom. The van der Waals surface area contributed by atoms with E-state index >= 15 is 0 Å². The molecule has 1 atom stereocenters. The van der Waals surface area contributed by atoms with Crippen LogP contribution in [0.4, 0.5) is 23.0 Å². The molecule has 2 N–H and O–H groups in total. The summed E-state index contributed by atoms with van der Waals surface area (Å²) < 4.78 is 7.55. The van der Waals surface area contributed by atoms with Crippen molar-refractivity contribution >= 4 is 28.9 Å². The second kappa shape index (κ2) is 12.3. The van der Waals surface area contributed by atoms with E-state index in [-0.39, 0.29) is 5.91 Å². The van der Waals surface area contributed by atoms with Gasteiger partial charge in [-0.05, 0) is 75.0 Å². The molecule has 0 saturated carbocycles. The maximum Gasteiger partial charge on any atom is 0.276 e. The first-order valence-electron chi connectivity index (χ1n) is 15.5. The zero-order chi connectivity index (χ0) is 31.0. The number of amides is 1. The minimum atomic E-state index is -0.187. The summed E-state index contributed by atoms with van der Waals surface area (Å²) in [6.07, 6.45) is 6.13. The fraction of sp³-hybridized carbons (Fsp3) is 0.412. The number of nitrogens with one attached hydrogen (secondary N) is 2. The molecule has 2 aliphatic rings. The number of likely N-dealkylation sites (N-methyl/N-ethyl adjacent to an activating group) is 1. The quantitative estimate of drug-likeness (QED) is 0.271. The number of carbonyl (C=O) groups excluding carboxylic acids is 1. The van der Waals surface area contributed by atoms with E-state index in [2.05, 4.69) is 83.7 Å². The van der Waals surface area contributed by atoms with E-state index in [0.717, 1.165) is 95.2 Å². The zero-order valence-corrected chi connectivity index (χ0v) is 26.6. The molecule has 230 valence electrons. The van der Waals surface area contributed by atoms with Crippen molar-refractivity contribution in [1.82, 2.24) is 24.6 Å². The van der Waals surface area contributed by atoms with Crippen LogP contribution in [0.1, 0.15) is 53.0 Å². The van der Waals surface area contributed by atoms with E-state index in [4.69, 9.17) is 14.8 Å². The molecule has 0 bridgehead atoms. The van der Waals surface area contributed by atoms with Gasteiger partial charge in [-0.3, -0.25) is 9.48 Å². The highest BCUT2D eigenvalue weighted by molar-refractivity contribution is 6.06. The maximum absolute atomic E-state index is 13.6. The van der Waals surface area contributed by atoms with Gasteiger partial charge < -0.3 is 25.2 Å². The molecule has 1 amide bonds. The second-order valence-corrected chi connectivity index (χ2v) is 11.8. The van der Waals surface area contributed by atoms with Crippen LogP contribution in [0.25, 0.3) is 11.4 Å². The van der Waals surface area contributed by atoms with E-state index in [9.17, 15) is 4.79 Å². The van der Waals surface area contributed by atoms with E-state index in [1.807, 2.05) is 19.3 Å². The summed E-state index contributed by atoms with van der Waals surface area (Å²) in [6.45, 7) is 6.22. The van der Waals surface area contributed by atoms with E-state index in [0.29, 0.717) is 24.1 Å². The predicted octanol–water partition coefficient (Wildman–Crippen LogP) is 5.25. The van der Waals surface area contributed by atoms with Crippen LogP contribution < -0.4 is 20.3 Å². The van der Waals surface area contributed by atoms with Crippen molar-refractivity contribution in [2.24, 2.45) is 7.05 Å². The third-order valence-corrected chi connectivity index (χ3v) is 9.02. The molecule has 2 aromatic carbocycles. The summed E-state index contributed by atoms with van der Waals surface area (Å²) in [5, 5.41) is 11.3. The number of benzene rings is 2. The molecule has 1 aliphatic heterocycles. The molecule has 1 saturated heterocycles. The number of para-hydroxylation sites is 1. The van der Waals surface area contributed by atoms with Gasteiger partial charge in [-0.15, -0.1) is 0 Å². The van der Waals surface area contributed by atoms with Crippen LogP contribution in [0, 0.1) is 0 Å². The monoisotopic (exact) mass is 594 g/mol. The van der Waals surface area contributed by atoms with Crippen molar-refractivity contribution in [1.29, 1.82) is 0 Å². The minimum absolute atomic E-state index is 0.187. The lowest BCUT2D eigenvalue weighted by atomic mass is 9.93. The van der Waals surface area contributed by atoms with Gasteiger partial charge in [0, 0.05) is 55.4 Å². The van der Waals surface area contributed by atoms with Crippen LogP contribution in [0.3, 0.4) is 0 Å². The Kier molecular flexibility index (Phi) is 8.27. The standard InChI is InChI=1S/C34H42N8O2/c1-7-21-10-9-11-22(8-2)29(21)37-33(43)31-26-14-12-23-19-35-34(38-30(23)32(26)41(5)39-31)36-27-15-13-24(18-28(27)44-6)42-17-16-25(20-42)40(3)4/h9-11,13,15,18-19,25H,7-8,12,14,16-17,20H2,1-6H3,(H,37,43)(H,35,36,38)/t25-/m1/s1. The lowest BCUT2D eigenvalue weighted by Crippen LogP contribution is -2.31. The Labute approximate surface area is 259 Å². The number of hydrogen-bond acceptors (Lipinski definition) is 8. The van der Waals surface area contributed by atoms with Gasteiger partial charge in [0.25, 0.3) is 5.91 Å². The number of aryl methyl sites for hydroxylation is 4. The summed E-state index contributed by atoms with van der Waals surface area (Å²) in [5.41, 5.74) is 9.13.